The smallest absolute Gasteiger partial charge is 0.237 e. The molecule has 0 radical (unpaired) electrons. The summed E-state index contributed by atoms with van der Waals surface area (Å²) in [6, 6.07) is 3.89. The van der Waals surface area contributed by atoms with Crippen molar-refractivity contribution in [3.8, 4) is 0 Å². The highest BCUT2D eigenvalue weighted by Crippen LogP contribution is 2.23. The minimum Gasteiger partial charge on any atom is -0.381 e. The molecule has 0 aromatic carbocycles. The van der Waals surface area contributed by atoms with Gasteiger partial charge >= 0.3 is 0 Å². The van der Waals surface area contributed by atoms with Crippen molar-refractivity contribution < 1.29 is 9.53 Å². The van der Waals surface area contributed by atoms with Gasteiger partial charge in [-0.1, -0.05) is 6.07 Å². The van der Waals surface area contributed by atoms with Gasteiger partial charge in [-0.05, 0) is 44.3 Å². The van der Waals surface area contributed by atoms with Gasteiger partial charge in [-0.2, -0.15) is 0 Å². The number of thiophene rings is 1. The first kappa shape index (κ1) is 16.4. The molecule has 1 amide bonds. The lowest BCUT2D eigenvalue weighted by molar-refractivity contribution is -0.124. The average Bonchev–Trinajstić information content (AvgIpc) is 3.01. The number of carbonyl (C=O) groups is 1. The van der Waals surface area contributed by atoms with E-state index < -0.39 is 6.04 Å². The summed E-state index contributed by atoms with van der Waals surface area (Å²) >= 11 is 1.71. The van der Waals surface area contributed by atoms with Crippen LogP contribution in [0, 0.1) is 5.92 Å². The number of hydrogen-bond donors (Lipinski definition) is 2. The summed E-state index contributed by atoms with van der Waals surface area (Å²) in [7, 11) is 4.05. The Labute approximate surface area is 130 Å². The van der Waals surface area contributed by atoms with Crippen LogP contribution in [0.5, 0.6) is 0 Å². The number of nitrogens with two attached hydrogens (primary N) is 1. The molecule has 2 heterocycles. The fraction of sp³-hybridized carbons (Fsp3) is 0.667. The lowest BCUT2D eigenvalue weighted by atomic mass is 9.92. The maximum atomic E-state index is 12.2. The molecule has 2 rings (SSSR count). The number of hydrogen-bond acceptors (Lipinski definition) is 5. The van der Waals surface area contributed by atoms with Gasteiger partial charge in [0.15, 0.2) is 0 Å². The van der Waals surface area contributed by atoms with Gasteiger partial charge in [-0.25, -0.2) is 0 Å². The number of amides is 1. The molecule has 118 valence electrons. The Bertz CT molecular complexity index is 430. The molecule has 0 spiro atoms. The van der Waals surface area contributed by atoms with Crippen molar-refractivity contribution in [3.05, 3.63) is 22.4 Å². The third kappa shape index (κ3) is 4.51. The second kappa shape index (κ2) is 7.89. The highest BCUT2D eigenvalue weighted by atomic mass is 32.1. The number of nitrogens with zero attached hydrogens (tertiary/aromatic N) is 1. The Kier molecular flexibility index (Phi) is 6.17. The Balaban J connectivity index is 1.86. The van der Waals surface area contributed by atoms with Gasteiger partial charge in [0.05, 0.1) is 12.1 Å². The van der Waals surface area contributed by atoms with Crippen molar-refractivity contribution in [2.75, 3.05) is 33.9 Å². The van der Waals surface area contributed by atoms with E-state index in [2.05, 4.69) is 21.7 Å². The fourth-order valence-corrected chi connectivity index (χ4v) is 3.55. The third-order valence-corrected chi connectivity index (χ3v) is 5.01. The fourth-order valence-electron chi connectivity index (χ4n) is 2.62. The second-order valence-corrected chi connectivity index (χ2v) is 6.69. The van der Waals surface area contributed by atoms with E-state index in [0.717, 1.165) is 12.8 Å². The van der Waals surface area contributed by atoms with E-state index in [9.17, 15) is 4.79 Å². The van der Waals surface area contributed by atoms with Gasteiger partial charge in [0, 0.05) is 24.6 Å². The molecular weight excluding hydrogens is 286 g/mol. The van der Waals surface area contributed by atoms with Crippen molar-refractivity contribution in [1.82, 2.24) is 10.2 Å². The van der Waals surface area contributed by atoms with Crippen molar-refractivity contribution in [2.45, 2.75) is 24.9 Å². The minimum atomic E-state index is -0.431. The van der Waals surface area contributed by atoms with E-state index >= 15 is 0 Å². The number of nitrogens with one attached hydrogen (secondary N) is 1. The molecule has 0 saturated carbocycles. The van der Waals surface area contributed by atoms with E-state index in [1.165, 1.54) is 4.88 Å². The summed E-state index contributed by atoms with van der Waals surface area (Å²) in [6.45, 7) is 2.01. The van der Waals surface area contributed by atoms with Crippen LogP contribution in [0.1, 0.15) is 23.8 Å². The monoisotopic (exact) mass is 311 g/mol. The Morgan fingerprint density at radius 1 is 1.52 bits per heavy atom. The molecule has 1 saturated heterocycles. The second-order valence-electron chi connectivity index (χ2n) is 5.72. The molecule has 0 bridgehead atoms. The molecule has 21 heavy (non-hydrogen) atoms. The largest absolute Gasteiger partial charge is 0.381 e. The SMILES string of the molecule is CN(C)C(CNC(=O)C(N)C1CCOCC1)c1cccs1. The summed E-state index contributed by atoms with van der Waals surface area (Å²) in [6.07, 6.45) is 1.74. The van der Waals surface area contributed by atoms with Gasteiger partial charge in [0.1, 0.15) is 0 Å². The van der Waals surface area contributed by atoms with Gasteiger partial charge < -0.3 is 20.7 Å². The van der Waals surface area contributed by atoms with E-state index in [0.29, 0.717) is 19.8 Å². The van der Waals surface area contributed by atoms with E-state index in [4.69, 9.17) is 10.5 Å². The first-order valence-corrected chi connectivity index (χ1v) is 8.28. The predicted octanol–water partition coefficient (Wildman–Crippen LogP) is 1.22. The van der Waals surface area contributed by atoms with Crippen molar-refractivity contribution in [2.24, 2.45) is 11.7 Å². The van der Waals surface area contributed by atoms with Crippen LogP contribution in [0.4, 0.5) is 0 Å². The summed E-state index contributed by atoms with van der Waals surface area (Å²) < 4.78 is 5.32. The maximum absolute atomic E-state index is 12.2. The lowest BCUT2D eigenvalue weighted by Gasteiger charge is -2.28. The summed E-state index contributed by atoms with van der Waals surface area (Å²) in [5, 5.41) is 5.07. The van der Waals surface area contributed by atoms with Gasteiger partial charge in [-0.15, -0.1) is 11.3 Å². The van der Waals surface area contributed by atoms with Crippen LogP contribution in [-0.4, -0.2) is 50.7 Å². The molecule has 1 aromatic heterocycles. The zero-order valence-electron chi connectivity index (χ0n) is 12.7. The maximum Gasteiger partial charge on any atom is 0.237 e. The van der Waals surface area contributed by atoms with Crippen LogP contribution in [0.15, 0.2) is 17.5 Å². The van der Waals surface area contributed by atoms with Crippen molar-refractivity contribution >= 4 is 17.2 Å². The van der Waals surface area contributed by atoms with Gasteiger partial charge in [0.2, 0.25) is 5.91 Å². The van der Waals surface area contributed by atoms with Crippen LogP contribution in [0.3, 0.4) is 0 Å². The molecule has 2 atom stereocenters. The predicted molar refractivity (Wildman–Crippen MR) is 85.3 cm³/mol. The Morgan fingerprint density at radius 3 is 2.81 bits per heavy atom. The molecule has 1 aliphatic heterocycles. The summed E-state index contributed by atoms with van der Waals surface area (Å²) in [5.74, 6) is 0.184. The third-order valence-electron chi connectivity index (χ3n) is 4.04. The van der Waals surface area contributed by atoms with E-state index in [1.54, 1.807) is 11.3 Å². The molecule has 5 nitrogen and oxygen atoms in total. The van der Waals surface area contributed by atoms with Crippen LogP contribution in [0.25, 0.3) is 0 Å². The number of carbonyl (C=O) groups excluding carboxylic acids is 1. The number of rotatable bonds is 6. The van der Waals surface area contributed by atoms with Gasteiger partial charge in [0.25, 0.3) is 0 Å². The van der Waals surface area contributed by atoms with Crippen molar-refractivity contribution in [3.63, 3.8) is 0 Å². The molecule has 1 aromatic rings. The Hall–Kier alpha value is -0.950. The number of ether oxygens (including phenoxy) is 1. The minimum absolute atomic E-state index is 0.0506. The lowest BCUT2D eigenvalue weighted by Crippen LogP contribution is -2.48. The topological polar surface area (TPSA) is 67.6 Å². The standard InChI is InChI=1S/C15H25N3O2S/c1-18(2)12(13-4-3-9-21-13)10-17-15(19)14(16)11-5-7-20-8-6-11/h3-4,9,11-12,14H,5-8,10,16H2,1-2H3,(H,17,19). The van der Waals surface area contributed by atoms with E-state index in [-0.39, 0.29) is 17.9 Å². The molecule has 6 heteroatoms. The average molecular weight is 311 g/mol. The zero-order valence-corrected chi connectivity index (χ0v) is 13.6. The highest BCUT2D eigenvalue weighted by molar-refractivity contribution is 7.10. The van der Waals surface area contributed by atoms with Crippen molar-refractivity contribution in [1.29, 1.82) is 0 Å². The normalized spacial score (nSPS) is 19.4. The first-order valence-electron chi connectivity index (χ1n) is 7.40. The molecule has 3 N–H and O–H groups in total. The van der Waals surface area contributed by atoms with Gasteiger partial charge in [-0.3, -0.25) is 4.79 Å². The van der Waals surface area contributed by atoms with Crippen LogP contribution in [-0.2, 0) is 9.53 Å². The van der Waals surface area contributed by atoms with Crippen LogP contribution in [0.2, 0.25) is 0 Å². The number of likely N-dealkylation sites (N-methyl/N-ethyl adjacent to an activating group) is 1. The van der Waals surface area contributed by atoms with E-state index in [1.807, 2.05) is 20.2 Å². The molecule has 1 fully saturated rings. The Morgan fingerprint density at radius 2 is 2.24 bits per heavy atom. The molecular formula is C15H25N3O2S. The van der Waals surface area contributed by atoms with Crippen LogP contribution >= 0.6 is 11.3 Å². The first-order chi connectivity index (χ1) is 10.1. The quantitative estimate of drug-likeness (QED) is 0.829. The van der Waals surface area contributed by atoms with Crippen LogP contribution < -0.4 is 11.1 Å². The molecule has 2 unspecified atom stereocenters. The highest BCUT2D eigenvalue weighted by Gasteiger charge is 2.27. The summed E-state index contributed by atoms with van der Waals surface area (Å²) in [4.78, 5) is 15.6. The molecule has 0 aliphatic carbocycles. The zero-order chi connectivity index (χ0) is 15.2. The summed E-state index contributed by atoms with van der Waals surface area (Å²) in [5.41, 5.74) is 6.09. The molecule has 1 aliphatic rings.